The third kappa shape index (κ3) is 3.10. The van der Waals surface area contributed by atoms with Crippen molar-refractivity contribution in [3.05, 3.63) is 75.9 Å². The SMILES string of the molecule is CCCc1c(CCC)c(C2=CC=CC2)c2c(c1CCC)-c1ccccc1C2. The maximum Gasteiger partial charge on any atom is -0.000719 e. The van der Waals surface area contributed by atoms with Crippen molar-refractivity contribution >= 4 is 5.57 Å². The molecule has 0 radical (unpaired) electrons. The smallest absolute Gasteiger partial charge is 0.000719 e. The van der Waals surface area contributed by atoms with E-state index in [2.05, 4.69) is 63.3 Å². The summed E-state index contributed by atoms with van der Waals surface area (Å²) in [7, 11) is 0. The normalized spacial score (nSPS) is 14.4. The Morgan fingerprint density at radius 3 is 2.11 bits per heavy atom. The monoisotopic (exact) mass is 356 g/mol. The summed E-state index contributed by atoms with van der Waals surface area (Å²) in [5, 5.41) is 0. The van der Waals surface area contributed by atoms with E-state index in [0.29, 0.717) is 0 Å². The molecule has 0 amide bonds. The zero-order valence-electron chi connectivity index (χ0n) is 17.2. The minimum atomic E-state index is 1.10. The van der Waals surface area contributed by atoms with E-state index >= 15 is 0 Å². The molecule has 0 aromatic heterocycles. The first-order valence-electron chi connectivity index (χ1n) is 10.9. The molecule has 0 unspecified atom stereocenters. The van der Waals surface area contributed by atoms with E-state index in [1.165, 1.54) is 49.7 Å². The van der Waals surface area contributed by atoms with E-state index < -0.39 is 0 Å². The molecule has 140 valence electrons. The topological polar surface area (TPSA) is 0 Å². The fourth-order valence-electron chi connectivity index (χ4n) is 5.21. The highest BCUT2D eigenvalue weighted by Crippen LogP contribution is 2.47. The van der Waals surface area contributed by atoms with Gasteiger partial charge >= 0.3 is 0 Å². The van der Waals surface area contributed by atoms with E-state index in [4.69, 9.17) is 0 Å². The van der Waals surface area contributed by atoms with Gasteiger partial charge in [0, 0.05) is 0 Å². The van der Waals surface area contributed by atoms with Crippen LogP contribution in [0.2, 0.25) is 0 Å². The maximum absolute atomic E-state index is 2.37. The lowest BCUT2D eigenvalue weighted by molar-refractivity contribution is 0.822. The molecule has 0 atom stereocenters. The van der Waals surface area contributed by atoms with Gasteiger partial charge in [-0.1, -0.05) is 82.5 Å². The van der Waals surface area contributed by atoms with Gasteiger partial charge in [-0.3, -0.25) is 0 Å². The predicted octanol–water partition coefficient (Wildman–Crippen LogP) is 7.46. The molecular weight excluding hydrogens is 324 g/mol. The average molecular weight is 357 g/mol. The molecule has 0 aliphatic heterocycles. The lowest BCUT2D eigenvalue weighted by Crippen LogP contribution is -2.09. The van der Waals surface area contributed by atoms with Gasteiger partial charge in [-0.15, -0.1) is 0 Å². The van der Waals surface area contributed by atoms with Crippen LogP contribution in [0, 0.1) is 0 Å². The van der Waals surface area contributed by atoms with Gasteiger partial charge in [-0.05, 0) is 82.2 Å². The Morgan fingerprint density at radius 1 is 0.778 bits per heavy atom. The molecule has 0 heterocycles. The van der Waals surface area contributed by atoms with Crippen LogP contribution in [-0.4, -0.2) is 0 Å². The maximum atomic E-state index is 2.37. The molecule has 0 bridgehead atoms. The first-order chi connectivity index (χ1) is 13.3. The fraction of sp³-hybridized carbons (Fsp3) is 0.407. The zero-order valence-corrected chi connectivity index (χ0v) is 17.2. The zero-order chi connectivity index (χ0) is 18.8. The lowest BCUT2D eigenvalue weighted by atomic mass is 9.79. The molecule has 0 fully saturated rings. The van der Waals surface area contributed by atoms with Gasteiger partial charge in [0.05, 0.1) is 0 Å². The molecule has 0 spiro atoms. The van der Waals surface area contributed by atoms with Gasteiger partial charge in [-0.25, -0.2) is 0 Å². The Morgan fingerprint density at radius 2 is 1.44 bits per heavy atom. The van der Waals surface area contributed by atoms with Crippen LogP contribution in [0.15, 0.2) is 42.5 Å². The number of hydrogen-bond acceptors (Lipinski definition) is 0. The van der Waals surface area contributed by atoms with Crippen LogP contribution < -0.4 is 0 Å². The Balaban J connectivity index is 2.06. The number of fused-ring (bicyclic) bond motifs is 3. The van der Waals surface area contributed by atoms with E-state index in [-0.39, 0.29) is 0 Å². The molecule has 2 aromatic rings. The third-order valence-corrected chi connectivity index (χ3v) is 6.18. The Kier molecular flexibility index (Phi) is 5.34. The number of allylic oxidation sites excluding steroid dienone is 4. The summed E-state index contributed by atoms with van der Waals surface area (Å²) in [5.74, 6) is 0. The van der Waals surface area contributed by atoms with Crippen LogP contribution in [0.3, 0.4) is 0 Å². The summed E-state index contributed by atoms with van der Waals surface area (Å²) in [6, 6.07) is 9.13. The predicted molar refractivity (Wildman–Crippen MR) is 118 cm³/mol. The second kappa shape index (κ2) is 7.89. The second-order valence-corrected chi connectivity index (χ2v) is 8.07. The molecule has 0 saturated carbocycles. The van der Waals surface area contributed by atoms with Gasteiger partial charge in [0.15, 0.2) is 0 Å². The van der Waals surface area contributed by atoms with Gasteiger partial charge in [0.2, 0.25) is 0 Å². The third-order valence-electron chi connectivity index (χ3n) is 6.18. The molecule has 4 rings (SSSR count). The van der Waals surface area contributed by atoms with Crippen molar-refractivity contribution in [2.24, 2.45) is 0 Å². The molecule has 0 saturated heterocycles. The molecule has 2 aromatic carbocycles. The van der Waals surface area contributed by atoms with Crippen molar-refractivity contribution < 1.29 is 0 Å². The number of benzene rings is 2. The molecule has 0 nitrogen and oxygen atoms in total. The van der Waals surface area contributed by atoms with Crippen molar-refractivity contribution in [3.8, 4) is 11.1 Å². The van der Waals surface area contributed by atoms with Crippen LogP contribution in [0.5, 0.6) is 0 Å². The highest BCUT2D eigenvalue weighted by Gasteiger charge is 2.29. The van der Waals surface area contributed by atoms with E-state index in [1.54, 1.807) is 39.0 Å². The molecular formula is C27H32. The van der Waals surface area contributed by atoms with Crippen molar-refractivity contribution in [2.75, 3.05) is 0 Å². The second-order valence-electron chi connectivity index (χ2n) is 8.07. The van der Waals surface area contributed by atoms with E-state index in [1.807, 2.05) is 0 Å². The van der Waals surface area contributed by atoms with Crippen molar-refractivity contribution in [1.29, 1.82) is 0 Å². The van der Waals surface area contributed by atoms with Crippen LogP contribution in [-0.2, 0) is 25.7 Å². The number of rotatable bonds is 7. The first-order valence-corrected chi connectivity index (χ1v) is 10.9. The quantitative estimate of drug-likeness (QED) is 0.412. The minimum absolute atomic E-state index is 1.10. The Labute approximate surface area is 165 Å². The Hall–Kier alpha value is -2.08. The van der Waals surface area contributed by atoms with Gasteiger partial charge in [0.1, 0.15) is 0 Å². The largest absolute Gasteiger partial charge is 0.0801 e. The fourth-order valence-corrected chi connectivity index (χ4v) is 5.21. The highest BCUT2D eigenvalue weighted by molar-refractivity contribution is 5.89. The summed E-state index contributed by atoms with van der Waals surface area (Å²) < 4.78 is 0. The van der Waals surface area contributed by atoms with Crippen LogP contribution in [0.1, 0.15) is 79.8 Å². The van der Waals surface area contributed by atoms with Crippen molar-refractivity contribution in [1.82, 2.24) is 0 Å². The molecule has 27 heavy (non-hydrogen) atoms. The van der Waals surface area contributed by atoms with E-state index in [0.717, 1.165) is 12.8 Å². The van der Waals surface area contributed by atoms with Crippen molar-refractivity contribution in [2.45, 2.75) is 72.1 Å². The molecule has 0 heteroatoms. The van der Waals surface area contributed by atoms with Crippen molar-refractivity contribution in [3.63, 3.8) is 0 Å². The van der Waals surface area contributed by atoms with Crippen LogP contribution >= 0.6 is 0 Å². The van der Waals surface area contributed by atoms with E-state index in [9.17, 15) is 0 Å². The van der Waals surface area contributed by atoms with Gasteiger partial charge < -0.3 is 0 Å². The molecule has 2 aliphatic carbocycles. The summed E-state index contributed by atoms with van der Waals surface area (Å²) in [5.41, 5.74) is 14.4. The summed E-state index contributed by atoms with van der Waals surface area (Å²) >= 11 is 0. The van der Waals surface area contributed by atoms with Gasteiger partial charge in [0.25, 0.3) is 0 Å². The van der Waals surface area contributed by atoms with Crippen LogP contribution in [0.4, 0.5) is 0 Å². The molecule has 0 N–H and O–H groups in total. The minimum Gasteiger partial charge on any atom is -0.0801 e. The summed E-state index contributed by atoms with van der Waals surface area (Å²) in [6.07, 6.45) is 16.4. The summed E-state index contributed by atoms with van der Waals surface area (Å²) in [6.45, 7) is 7.00. The standard InChI is InChI=1S/C27H32/c1-4-11-22-23(12-5-2)26(19-14-7-8-15-19)25-18-20-16-9-10-17-21(20)27(25)24(22)13-6-3/h7-10,14,16-17H,4-6,11-13,15,18H2,1-3H3. The Bertz CT molecular complexity index is 908. The van der Waals surface area contributed by atoms with Gasteiger partial charge in [-0.2, -0.15) is 0 Å². The number of hydrogen-bond donors (Lipinski definition) is 0. The first kappa shape index (κ1) is 18.3. The molecule has 2 aliphatic rings. The highest BCUT2D eigenvalue weighted by atomic mass is 14.3. The lowest BCUT2D eigenvalue weighted by Gasteiger charge is -2.25. The average Bonchev–Trinajstić information content (AvgIpc) is 3.32. The van der Waals surface area contributed by atoms with Crippen LogP contribution in [0.25, 0.3) is 16.7 Å². The summed E-state index contributed by atoms with van der Waals surface area (Å²) in [4.78, 5) is 0.